The molecule has 3 heterocycles. The van der Waals surface area contributed by atoms with E-state index in [0.29, 0.717) is 5.02 Å². The number of nitrogens with one attached hydrogen (secondary N) is 2. The summed E-state index contributed by atoms with van der Waals surface area (Å²) in [6, 6.07) is 12.3. The lowest BCUT2D eigenvalue weighted by molar-refractivity contribution is -0.125. The molecular weight excluding hydrogens is 434 g/mol. The van der Waals surface area contributed by atoms with Crippen LogP contribution in [0.4, 0.5) is 5.69 Å². The van der Waals surface area contributed by atoms with Gasteiger partial charge in [-0.15, -0.1) is 0 Å². The Balaban J connectivity index is 1.28. The number of piperidine rings is 1. The van der Waals surface area contributed by atoms with Gasteiger partial charge < -0.3 is 20.1 Å². The Morgan fingerprint density at radius 3 is 2.85 bits per heavy atom. The number of amides is 1. The fourth-order valence-corrected chi connectivity index (χ4v) is 5.26. The highest BCUT2D eigenvalue weighted by atomic mass is 35.5. The molecule has 5 rings (SSSR count). The van der Waals surface area contributed by atoms with Crippen molar-refractivity contribution in [1.29, 1.82) is 0 Å². The molecule has 1 amide bonds. The summed E-state index contributed by atoms with van der Waals surface area (Å²) in [5.41, 5.74) is 5.10. The Labute approximate surface area is 200 Å². The number of carbonyl (C=O) groups excluding carboxylic acids is 1. The van der Waals surface area contributed by atoms with Gasteiger partial charge >= 0.3 is 0 Å². The number of carbonyl (C=O) groups is 1. The van der Waals surface area contributed by atoms with Gasteiger partial charge in [-0.05, 0) is 81.6 Å². The van der Waals surface area contributed by atoms with E-state index >= 15 is 0 Å². The lowest BCUT2D eigenvalue weighted by atomic mass is 9.96. The van der Waals surface area contributed by atoms with Crippen LogP contribution in [0, 0.1) is 12.8 Å². The summed E-state index contributed by atoms with van der Waals surface area (Å²) in [4.78, 5) is 25.7. The Hall–Kier alpha value is -2.57. The number of benzene rings is 2. The van der Waals surface area contributed by atoms with Crippen LogP contribution in [0.1, 0.15) is 31.2 Å². The number of halogens is 1. The SMILES string of the molecule is Cc1ccc2nc(-c3cc(N4CCC[C@@H](C(=O)NCCN5CCCC5)C4)ccc3Cl)[nH]c2c1. The summed E-state index contributed by atoms with van der Waals surface area (Å²) < 4.78 is 0. The fraction of sp³-hybridized carbons (Fsp3) is 0.462. The molecule has 7 heteroatoms. The lowest BCUT2D eigenvalue weighted by Gasteiger charge is -2.34. The van der Waals surface area contributed by atoms with E-state index in [4.69, 9.17) is 16.6 Å². The molecule has 174 valence electrons. The quantitative estimate of drug-likeness (QED) is 0.557. The van der Waals surface area contributed by atoms with Crippen molar-refractivity contribution in [3.63, 3.8) is 0 Å². The van der Waals surface area contributed by atoms with Crippen LogP contribution >= 0.6 is 11.6 Å². The van der Waals surface area contributed by atoms with E-state index < -0.39 is 0 Å². The summed E-state index contributed by atoms with van der Waals surface area (Å²) >= 11 is 6.57. The zero-order valence-corrected chi connectivity index (χ0v) is 20.0. The lowest BCUT2D eigenvalue weighted by Crippen LogP contribution is -2.44. The van der Waals surface area contributed by atoms with Gasteiger partial charge in [-0.1, -0.05) is 17.7 Å². The van der Waals surface area contributed by atoms with E-state index in [0.717, 1.165) is 80.2 Å². The van der Waals surface area contributed by atoms with Crippen LogP contribution in [0.5, 0.6) is 0 Å². The number of H-pyrrole nitrogens is 1. The number of aromatic nitrogens is 2. The summed E-state index contributed by atoms with van der Waals surface area (Å²) in [5, 5.41) is 3.84. The Morgan fingerprint density at radius 2 is 2.00 bits per heavy atom. The van der Waals surface area contributed by atoms with Crippen LogP contribution in [0.25, 0.3) is 22.4 Å². The predicted molar refractivity (Wildman–Crippen MR) is 135 cm³/mol. The van der Waals surface area contributed by atoms with Crippen LogP contribution in [0.15, 0.2) is 36.4 Å². The molecule has 33 heavy (non-hydrogen) atoms. The minimum Gasteiger partial charge on any atom is -0.371 e. The molecule has 0 bridgehead atoms. The maximum absolute atomic E-state index is 12.8. The second kappa shape index (κ2) is 9.74. The monoisotopic (exact) mass is 465 g/mol. The Morgan fingerprint density at radius 1 is 1.15 bits per heavy atom. The number of rotatable bonds is 6. The van der Waals surface area contributed by atoms with E-state index in [9.17, 15) is 4.79 Å². The molecule has 0 radical (unpaired) electrons. The number of fused-ring (bicyclic) bond motifs is 1. The maximum atomic E-state index is 12.8. The molecule has 0 unspecified atom stereocenters. The normalized spacial score (nSPS) is 19.3. The van der Waals surface area contributed by atoms with Crippen molar-refractivity contribution in [1.82, 2.24) is 20.2 Å². The molecule has 1 aromatic heterocycles. The van der Waals surface area contributed by atoms with Gasteiger partial charge in [0.25, 0.3) is 0 Å². The minimum atomic E-state index is 0.0191. The van der Waals surface area contributed by atoms with Gasteiger partial charge in [-0.2, -0.15) is 0 Å². The average Bonchev–Trinajstić information content (AvgIpc) is 3.49. The summed E-state index contributed by atoms with van der Waals surface area (Å²) in [5.74, 6) is 0.974. The van der Waals surface area contributed by atoms with E-state index in [1.807, 2.05) is 18.2 Å². The second-order valence-corrected chi connectivity index (χ2v) is 9.80. The third-order valence-corrected chi connectivity index (χ3v) is 7.26. The zero-order valence-electron chi connectivity index (χ0n) is 19.2. The third-order valence-electron chi connectivity index (χ3n) is 6.93. The molecule has 2 aliphatic heterocycles. The molecule has 1 atom stereocenters. The summed E-state index contributed by atoms with van der Waals surface area (Å²) in [6.07, 6.45) is 4.51. The minimum absolute atomic E-state index is 0.0191. The van der Waals surface area contributed by atoms with Crippen molar-refractivity contribution < 1.29 is 4.79 Å². The molecule has 2 fully saturated rings. The van der Waals surface area contributed by atoms with Gasteiger partial charge in [0.2, 0.25) is 5.91 Å². The standard InChI is InChI=1S/C26H32ClN5O/c1-18-6-9-23-24(15-18)30-25(29-23)21-16-20(7-8-22(21)27)32-13-4-5-19(17-32)26(33)28-10-14-31-11-2-3-12-31/h6-9,15-16,19H,2-5,10-14,17H2,1H3,(H,28,33)(H,29,30)/t19-/m1/s1. The smallest absolute Gasteiger partial charge is 0.224 e. The maximum Gasteiger partial charge on any atom is 0.224 e. The van der Waals surface area contributed by atoms with E-state index in [-0.39, 0.29) is 11.8 Å². The van der Waals surface area contributed by atoms with Gasteiger partial charge in [-0.3, -0.25) is 4.79 Å². The largest absolute Gasteiger partial charge is 0.371 e. The average molecular weight is 466 g/mol. The number of aryl methyl sites for hydroxylation is 1. The van der Waals surface area contributed by atoms with Gasteiger partial charge in [-0.25, -0.2) is 4.98 Å². The highest BCUT2D eigenvalue weighted by Gasteiger charge is 2.26. The first-order chi connectivity index (χ1) is 16.1. The third kappa shape index (κ3) is 5.02. The van der Waals surface area contributed by atoms with Crippen LogP contribution < -0.4 is 10.2 Å². The summed E-state index contributed by atoms with van der Waals surface area (Å²) in [7, 11) is 0. The number of hydrogen-bond donors (Lipinski definition) is 2. The van der Waals surface area contributed by atoms with Crippen molar-refractivity contribution in [3.05, 3.63) is 47.0 Å². The van der Waals surface area contributed by atoms with Crippen LogP contribution in [0.3, 0.4) is 0 Å². The van der Waals surface area contributed by atoms with Crippen molar-refractivity contribution in [2.24, 2.45) is 5.92 Å². The molecule has 3 aromatic rings. The first kappa shape index (κ1) is 22.2. The Kier molecular flexibility index (Phi) is 6.56. The number of hydrogen-bond acceptors (Lipinski definition) is 4. The fourth-order valence-electron chi connectivity index (χ4n) is 5.06. The molecule has 0 spiro atoms. The van der Waals surface area contributed by atoms with Crippen molar-refractivity contribution in [2.75, 3.05) is 44.2 Å². The molecule has 2 aromatic carbocycles. The van der Waals surface area contributed by atoms with Crippen LogP contribution in [0.2, 0.25) is 5.02 Å². The topological polar surface area (TPSA) is 64.3 Å². The highest BCUT2D eigenvalue weighted by Crippen LogP contribution is 2.33. The zero-order chi connectivity index (χ0) is 22.8. The number of nitrogens with zero attached hydrogens (tertiary/aromatic N) is 3. The molecule has 0 aliphatic carbocycles. The number of likely N-dealkylation sites (tertiary alicyclic amines) is 1. The molecule has 2 saturated heterocycles. The van der Waals surface area contributed by atoms with Gasteiger partial charge in [0.15, 0.2) is 0 Å². The molecular formula is C26H32ClN5O. The van der Waals surface area contributed by atoms with Gasteiger partial charge in [0, 0.05) is 37.4 Å². The number of aromatic amines is 1. The second-order valence-electron chi connectivity index (χ2n) is 9.40. The van der Waals surface area contributed by atoms with E-state index in [1.165, 1.54) is 18.4 Å². The van der Waals surface area contributed by atoms with Crippen molar-refractivity contribution in [3.8, 4) is 11.4 Å². The van der Waals surface area contributed by atoms with Crippen molar-refractivity contribution >= 4 is 34.2 Å². The number of anilines is 1. The number of imidazole rings is 1. The molecule has 6 nitrogen and oxygen atoms in total. The van der Waals surface area contributed by atoms with E-state index in [1.54, 1.807) is 0 Å². The molecule has 2 aliphatic rings. The predicted octanol–water partition coefficient (Wildman–Crippen LogP) is 4.62. The van der Waals surface area contributed by atoms with Crippen LogP contribution in [-0.2, 0) is 4.79 Å². The summed E-state index contributed by atoms with van der Waals surface area (Å²) in [6.45, 7) is 7.77. The van der Waals surface area contributed by atoms with E-state index in [2.05, 4.69) is 45.2 Å². The van der Waals surface area contributed by atoms with Crippen LogP contribution in [-0.4, -0.2) is 60.0 Å². The van der Waals surface area contributed by atoms with Gasteiger partial charge in [0.05, 0.1) is 22.0 Å². The molecule has 2 N–H and O–H groups in total. The van der Waals surface area contributed by atoms with Crippen molar-refractivity contribution in [2.45, 2.75) is 32.6 Å². The first-order valence-electron chi connectivity index (χ1n) is 12.1. The molecule has 0 saturated carbocycles. The highest BCUT2D eigenvalue weighted by molar-refractivity contribution is 6.33. The first-order valence-corrected chi connectivity index (χ1v) is 12.5. The van der Waals surface area contributed by atoms with Gasteiger partial charge in [0.1, 0.15) is 5.82 Å². The Bertz CT molecular complexity index is 1140.